The maximum Gasteiger partial charge on any atom is 0.333 e. The Kier molecular flexibility index (Phi) is 3.78. The second-order valence-electron chi connectivity index (χ2n) is 4.12. The molecule has 2 aromatic rings. The summed E-state index contributed by atoms with van der Waals surface area (Å²) in [6.45, 7) is 1.95. The van der Waals surface area contributed by atoms with Crippen LogP contribution in [-0.2, 0) is 9.53 Å². The molecule has 2 aromatic carbocycles. The summed E-state index contributed by atoms with van der Waals surface area (Å²) in [6, 6.07) is 14.3. The van der Waals surface area contributed by atoms with E-state index in [2.05, 4.69) is 24.3 Å². The van der Waals surface area contributed by atoms with Crippen LogP contribution >= 0.6 is 0 Å². The summed E-state index contributed by atoms with van der Waals surface area (Å²) >= 11 is 0. The van der Waals surface area contributed by atoms with Crippen LogP contribution in [0.2, 0.25) is 0 Å². The van der Waals surface area contributed by atoms with Gasteiger partial charge in [0, 0.05) is 5.57 Å². The van der Waals surface area contributed by atoms with Crippen molar-refractivity contribution < 1.29 is 9.53 Å². The molecule has 18 heavy (non-hydrogen) atoms. The Morgan fingerprint density at radius 3 is 2.56 bits per heavy atom. The predicted molar refractivity (Wildman–Crippen MR) is 74.2 cm³/mol. The Morgan fingerprint density at radius 1 is 1.17 bits per heavy atom. The third-order valence-electron chi connectivity index (χ3n) is 2.94. The number of hydrogen-bond donors (Lipinski definition) is 0. The van der Waals surface area contributed by atoms with E-state index < -0.39 is 0 Å². The minimum atomic E-state index is -0.259. The molecule has 0 aliphatic rings. The third-order valence-corrected chi connectivity index (χ3v) is 2.94. The van der Waals surface area contributed by atoms with Gasteiger partial charge in [0.2, 0.25) is 0 Å². The molecule has 0 saturated carbocycles. The van der Waals surface area contributed by atoms with Crippen molar-refractivity contribution in [3.8, 4) is 0 Å². The molecule has 0 aromatic heterocycles. The zero-order chi connectivity index (χ0) is 13.0. The zero-order valence-electron chi connectivity index (χ0n) is 10.6. The zero-order valence-corrected chi connectivity index (χ0v) is 10.6. The molecule has 0 unspecified atom stereocenters. The number of carbonyl (C=O) groups is 1. The fourth-order valence-electron chi connectivity index (χ4n) is 1.94. The summed E-state index contributed by atoms with van der Waals surface area (Å²) in [7, 11) is 1.41. The highest BCUT2D eigenvalue weighted by Crippen LogP contribution is 2.18. The minimum absolute atomic E-state index is 0.259. The van der Waals surface area contributed by atoms with Gasteiger partial charge in [0.25, 0.3) is 0 Å². The van der Waals surface area contributed by atoms with Gasteiger partial charge in [-0.05, 0) is 34.9 Å². The van der Waals surface area contributed by atoms with Crippen LogP contribution in [0.1, 0.15) is 18.9 Å². The number of rotatable bonds is 3. The highest BCUT2D eigenvalue weighted by atomic mass is 16.5. The van der Waals surface area contributed by atoms with Crippen LogP contribution in [0.15, 0.2) is 48.0 Å². The first-order valence-corrected chi connectivity index (χ1v) is 6.02. The molecule has 0 atom stereocenters. The molecule has 0 amide bonds. The lowest BCUT2D eigenvalue weighted by atomic mass is 10.0. The van der Waals surface area contributed by atoms with Crippen LogP contribution in [-0.4, -0.2) is 13.1 Å². The van der Waals surface area contributed by atoms with Crippen molar-refractivity contribution in [2.75, 3.05) is 7.11 Å². The minimum Gasteiger partial charge on any atom is -0.466 e. The molecule has 92 valence electrons. The molecule has 0 heterocycles. The first kappa shape index (κ1) is 12.4. The van der Waals surface area contributed by atoms with E-state index in [0.29, 0.717) is 12.0 Å². The molecule has 2 heteroatoms. The quantitative estimate of drug-likeness (QED) is 0.602. The van der Waals surface area contributed by atoms with Gasteiger partial charge < -0.3 is 4.74 Å². The summed E-state index contributed by atoms with van der Waals surface area (Å²) in [5.41, 5.74) is 1.71. The Bertz CT molecular complexity index is 597. The van der Waals surface area contributed by atoms with Gasteiger partial charge in [-0.15, -0.1) is 0 Å². The van der Waals surface area contributed by atoms with Gasteiger partial charge in [-0.25, -0.2) is 4.79 Å². The molecule has 2 rings (SSSR count). The highest BCUT2D eigenvalue weighted by Gasteiger charge is 2.06. The van der Waals surface area contributed by atoms with Gasteiger partial charge in [0.15, 0.2) is 0 Å². The Labute approximate surface area is 107 Å². The average Bonchev–Trinajstić information content (AvgIpc) is 2.43. The van der Waals surface area contributed by atoms with Gasteiger partial charge in [-0.2, -0.15) is 0 Å². The summed E-state index contributed by atoms with van der Waals surface area (Å²) in [5.74, 6) is -0.259. The number of methoxy groups -OCH3 is 1. The Balaban J connectivity index is 2.41. The first-order chi connectivity index (χ1) is 8.74. The molecule has 0 fully saturated rings. The summed E-state index contributed by atoms with van der Waals surface area (Å²) in [5, 5.41) is 2.37. The van der Waals surface area contributed by atoms with Gasteiger partial charge in [-0.1, -0.05) is 43.3 Å². The van der Waals surface area contributed by atoms with Gasteiger partial charge in [0.1, 0.15) is 0 Å². The van der Waals surface area contributed by atoms with Crippen LogP contribution < -0.4 is 0 Å². The predicted octanol–water partition coefficient (Wildman–Crippen LogP) is 3.81. The molecular weight excluding hydrogens is 224 g/mol. The standard InChI is InChI=1S/C16H16O2/c1-3-13(16(17)18-2)10-12-8-9-14-6-4-5-7-15(14)11-12/h4-11H,3H2,1-2H3/b13-10+. The molecule has 0 N–H and O–H groups in total. The van der Waals surface area contributed by atoms with Crippen molar-refractivity contribution in [1.82, 2.24) is 0 Å². The van der Waals surface area contributed by atoms with E-state index in [-0.39, 0.29) is 5.97 Å². The number of fused-ring (bicyclic) bond motifs is 1. The summed E-state index contributed by atoms with van der Waals surface area (Å²) in [4.78, 5) is 11.5. The molecular formula is C16H16O2. The number of benzene rings is 2. The topological polar surface area (TPSA) is 26.3 Å². The molecule has 2 nitrogen and oxygen atoms in total. The lowest BCUT2D eigenvalue weighted by Crippen LogP contribution is -2.03. The lowest BCUT2D eigenvalue weighted by Gasteiger charge is -2.03. The second-order valence-corrected chi connectivity index (χ2v) is 4.12. The van der Waals surface area contributed by atoms with Gasteiger partial charge in [-0.3, -0.25) is 0 Å². The van der Waals surface area contributed by atoms with Crippen molar-refractivity contribution in [3.05, 3.63) is 53.6 Å². The SMILES string of the molecule is CC/C(=C\c1ccc2ccccc2c1)C(=O)OC. The molecule has 0 aliphatic carbocycles. The molecule has 0 spiro atoms. The lowest BCUT2D eigenvalue weighted by molar-refractivity contribution is -0.136. The smallest absolute Gasteiger partial charge is 0.333 e. The number of ether oxygens (including phenoxy) is 1. The number of esters is 1. The van der Waals surface area contributed by atoms with Crippen LogP contribution in [0, 0.1) is 0 Å². The molecule has 0 radical (unpaired) electrons. The number of carbonyl (C=O) groups excluding carboxylic acids is 1. The van der Waals surface area contributed by atoms with E-state index in [0.717, 1.165) is 5.56 Å². The molecule has 0 saturated heterocycles. The fraction of sp³-hybridized carbons (Fsp3) is 0.188. The second kappa shape index (κ2) is 5.50. The van der Waals surface area contributed by atoms with Crippen molar-refractivity contribution in [3.63, 3.8) is 0 Å². The summed E-state index contributed by atoms with van der Waals surface area (Å²) < 4.78 is 4.76. The monoisotopic (exact) mass is 240 g/mol. The summed E-state index contributed by atoms with van der Waals surface area (Å²) in [6.07, 6.45) is 2.55. The maximum absolute atomic E-state index is 11.5. The van der Waals surface area contributed by atoms with E-state index >= 15 is 0 Å². The highest BCUT2D eigenvalue weighted by molar-refractivity contribution is 5.94. The van der Waals surface area contributed by atoms with E-state index in [1.165, 1.54) is 17.9 Å². The average molecular weight is 240 g/mol. The van der Waals surface area contributed by atoms with Crippen molar-refractivity contribution in [2.24, 2.45) is 0 Å². The molecule has 0 aliphatic heterocycles. The van der Waals surface area contributed by atoms with Crippen molar-refractivity contribution in [2.45, 2.75) is 13.3 Å². The van der Waals surface area contributed by atoms with Crippen molar-refractivity contribution in [1.29, 1.82) is 0 Å². The fourth-order valence-corrected chi connectivity index (χ4v) is 1.94. The maximum atomic E-state index is 11.5. The van der Waals surface area contributed by atoms with E-state index in [1.54, 1.807) is 0 Å². The Morgan fingerprint density at radius 2 is 1.89 bits per heavy atom. The van der Waals surface area contributed by atoms with Gasteiger partial charge in [0.05, 0.1) is 7.11 Å². The number of hydrogen-bond acceptors (Lipinski definition) is 2. The Hall–Kier alpha value is -2.09. The van der Waals surface area contributed by atoms with Crippen LogP contribution in [0.25, 0.3) is 16.8 Å². The van der Waals surface area contributed by atoms with E-state index in [1.807, 2.05) is 31.2 Å². The van der Waals surface area contributed by atoms with Gasteiger partial charge >= 0.3 is 5.97 Å². The third kappa shape index (κ3) is 2.59. The van der Waals surface area contributed by atoms with Crippen LogP contribution in [0.4, 0.5) is 0 Å². The van der Waals surface area contributed by atoms with E-state index in [9.17, 15) is 4.79 Å². The van der Waals surface area contributed by atoms with Crippen molar-refractivity contribution >= 4 is 22.8 Å². The molecule has 0 bridgehead atoms. The largest absolute Gasteiger partial charge is 0.466 e. The van der Waals surface area contributed by atoms with Crippen LogP contribution in [0.5, 0.6) is 0 Å². The first-order valence-electron chi connectivity index (χ1n) is 6.02. The normalized spacial score (nSPS) is 11.6. The van der Waals surface area contributed by atoms with Crippen LogP contribution in [0.3, 0.4) is 0 Å². The van der Waals surface area contributed by atoms with E-state index in [4.69, 9.17) is 4.74 Å².